The van der Waals surface area contributed by atoms with Gasteiger partial charge >= 0.3 is 6.18 Å². The minimum atomic E-state index is -4.36. The second kappa shape index (κ2) is 5.45. The molecule has 2 N–H and O–H groups in total. The molecule has 0 heterocycles. The molecule has 106 valence electrons. The lowest BCUT2D eigenvalue weighted by atomic mass is 10.0. The lowest BCUT2D eigenvalue weighted by molar-refractivity contribution is -0.137. The fraction of sp³-hybridized carbons (Fsp3) is 0.200. The number of benzene rings is 2. The summed E-state index contributed by atoms with van der Waals surface area (Å²) in [5, 5.41) is 0. The molecule has 0 aliphatic rings. The molecular formula is C15H14F3NO. The molecule has 2 nitrogen and oxygen atoms in total. The molecule has 5 heteroatoms. The first-order chi connectivity index (χ1) is 9.40. The maximum atomic E-state index is 12.7. The summed E-state index contributed by atoms with van der Waals surface area (Å²) < 4.78 is 43.2. The molecule has 0 saturated heterocycles. The summed E-state index contributed by atoms with van der Waals surface area (Å²) in [5.74, 6) is 0.660. The number of nitrogens with two attached hydrogens (primary N) is 1. The minimum absolute atomic E-state index is 0.326. The van der Waals surface area contributed by atoms with Crippen LogP contribution in [0.2, 0.25) is 0 Å². The molecule has 0 atom stereocenters. The summed E-state index contributed by atoms with van der Waals surface area (Å²) in [7, 11) is 1.54. The molecule has 0 aromatic heterocycles. The molecule has 2 aromatic rings. The lowest BCUT2D eigenvalue weighted by Crippen LogP contribution is -2.07. The van der Waals surface area contributed by atoms with Crippen LogP contribution in [0.1, 0.15) is 16.7 Å². The Morgan fingerprint density at radius 3 is 2.50 bits per heavy atom. The molecule has 0 saturated carbocycles. The van der Waals surface area contributed by atoms with Gasteiger partial charge in [-0.05, 0) is 47.9 Å². The van der Waals surface area contributed by atoms with Gasteiger partial charge in [-0.2, -0.15) is 13.2 Å². The van der Waals surface area contributed by atoms with Gasteiger partial charge in [-0.1, -0.05) is 12.1 Å². The SMILES string of the molecule is COc1cccc(Cc2cc(C(F)(F)F)ccc2N)c1. The molecule has 0 aliphatic heterocycles. The van der Waals surface area contributed by atoms with E-state index in [-0.39, 0.29) is 0 Å². The summed E-state index contributed by atoms with van der Waals surface area (Å²) in [6.45, 7) is 0. The van der Waals surface area contributed by atoms with Crippen molar-refractivity contribution >= 4 is 5.69 Å². The number of hydrogen-bond acceptors (Lipinski definition) is 2. The van der Waals surface area contributed by atoms with Crippen LogP contribution in [-0.4, -0.2) is 7.11 Å². The Kier molecular flexibility index (Phi) is 3.88. The Labute approximate surface area is 115 Å². The second-order valence-electron chi connectivity index (χ2n) is 4.44. The number of ether oxygens (including phenoxy) is 1. The quantitative estimate of drug-likeness (QED) is 0.866. The topological polar surface area (TPSA) is 35.2 Å². The lowest BCUT2D eigenvalue weighted by Gasteiger charge is -2.12. The first-order valence-electron chi connectivity index (χ1n) is 5.98. The zero-order chi connectivity index (χ0) is 14.8. The highest BCUT2D eigenvalue weighted by atomic mass is 19.4. The molecule has 0 radical (unpaired) electrons. The van der Waals surface area contributed by atoms with Gasteiger partial charge in [0.05, 0.1) is 12.7 Å². The molecule has 0 unspecified atom stereocenters. The van der Waals surface area contributed by atoms with E-state index in [9.17, 15) is 13.2 Å². The van der Waals surface area contributed by atoms with E-state index in [1.807, 2.05) is 6.07 Å². The normalized spacial score (nSPS) is 11.4. The van der Waals surface area contributed by atoms with Crippen molar-refractivity contribution in [1.82, 2.24) is 0 Å². The van der Waals surface area contributed by atoms with E-state index in [4.69, 9.17) is 10.5 Å². The summed E-state index contributed by atoms with van der Waals surface area (Å²) in [6.07, 6.45) is -4.04. The van der Waals surface area contributed by atoms with Crippen LogP contribution in [0.25, 0.3) is 0 Å². The first-order valence-corrected chi connectivity index (χ1v) is 5.98. The predicted molar refractivity (Wildman–Crippen MR) is 71.7 cm³/mol. The molecular weight excluding hydrogens is 267 g/mol. The Balaban J connectivity index is 2.32. The second-order valence-corrected chi connectivity index (χ2v) is 4.44. The van der Waals surface area contributed by atoms with Crippen molar-refractivity contribution in [3.63, 3.8) is 0 Å². The Bertz CT molecular complexity index is 608. The summed E-state index contributed by atoms with van der Waals surface area (Å²) in [5.41, 5.74) is 6.71. The maximum Gasteiger partial charge on any atom is 0.416 e. The van der Waals surface area contributed by atoms with Crippen molar-refractivity contribution in [2.45, 2.75) is 12.6 Å². The average Bonchev–Trinajstić information content (AvgIpc) is 2.40. The molecule has 0 bridgehead atoms. The van der Waals surface area contributed by atoms with Crippen molar-refractivity contribution < 1.29 is 17.9 Å². The van der Waals surface area contributed by atoms with Gasteiger partial charge in [0.1, 0.15) is 5.75 Å². The van der Waals surface area contributed by atoms with Crippen molar-refractivity contribution in [2.75, 3.05) is 12.8 Å². The van der Waals surface area contributed by atoms with Crippen LogP contribution in [0.5, 0.6) is 5.75 Å². The van der Waals surface area contributed by atoms with E-state index in [1.54, 1.807) is 18.2 Å². The van der Waals surface area contributed by atoms with Gasteiger partial charge in [-0.25, -0.2) is 0 Å². The Morgan fingerprint density at radius 2 is 1.85 bits per heavy atom. The van der Waals surface area contributed by atoms with Crippen LogP contribution in [0.15, 0.2) is 42.5 Å². The maximum absolute atomic E-state index is 12.7. The van der Waals surface area contributed by atoms with Gasteiger partial charge in [0.25, 0.3) is 0 Å². The number of anilines is 1. The molecule has 0 amide bonds. The highest BCUT2D eigenvalue weighted by molar-refractivity contribution is 5.51. The van der Waals surface area contributed by atoms with Crippen LogP contribution in [-0.2, 0) is 12.6 Å². The van der Waals surface area contributed by atoms with E-state index in [1.165, 1.54) is 13.2 Å². The zero-order valence-corrected chi connectivity index (χ0v) is 10.9. The smallest absolute Gasteiger partial charge is 0.416 e. The molecule has 20 heavy (non-hydrogen) atoms. The average molecular weight is 281 g/mol. The molecule has 0 aliphatic carbocycles. The monoisotopic (exact) mass is 281 g/mol. The van der Waals surface area contributed by atoms with Crippen LogP contribution in [0, 0.1) is 0 Å². The number of alkyl halides is 3. The highest BCUT2D eigenvalue weighted by Crippen LogP contribution is 2.32. The zero-order valence-electron chi connectivity index (χ0n) is 10.9. The van der Waals surface area contributed by atoms with Gasteiger partial charge in [0.2, 0.25) is 0 Å². The Hall–Kier alpha value is -2.17. The summed E-state index contributed by atoms with van der Waals surface area (Å²) in [4.78, 5) is 0. The van der Waals surface area contributed by atoms with Gasteiger partial charge < -0.3 is 10.5 Å². The van der Waals surface area contributed by atoms with E-state index in [2.05, 4.69) is 0 Å². The van der Waals surface area contributed by atoms with E-state index >= 15 is 0 Å². The highest BCUT2D eigenvalue weighted by Gasteiger charge is 2.30. The van der Waals surface area contributed by atoms with Crippen molar-refractivity contribution in [1.29, 1.82) is 0 Å². The van der Waals surface area contributed by atoms with Gasteiger partial charge in [0.15, 0.2) is 0 Å². The van der Waals surface area contributed by atoms with Crippen LogP contribution in [0.4, 0.5) is 18.9 Å². The third-order valence-corrected chi connectivity index (χ3v) is 3.00. The van der Waals surface area contributed by atoms with Gasteiger partial charge in [-0.3, -0.25) is 0 Å². The standard InChI is InChI=1S/C15H14F3NO/c1-20-13-4-2-3-10(8-13)7-11-9-12(15(16,17)18)5-6-14(11)19/h2-6,8-9H,7,19H2,1H3. The summed E-state index contributed by atoms with van der Waals surface area (Å²) in [6, 6.07) is 10.5. The largest absolute Gasteiger partial charge is 0.497 e. The third-order valence-electron chi connectivity index (χ3n) is 3.00. The van der Waals surface area contributed by atoms with E-state index < -0.39 is 11.7 Å². The predicted octanol–water partition coefficient (Wildman–Crippen LogP) is 3.89. The number of nitrogen functional groups attached to an aromatic ring is 1. The van der Waals surface area contributed by atoms with Crippen molar-refractivity contribution in [3.8, 4) is 5.75 Å². The van der Waals surface area contributed by atoms with Gasteiger partial charge in [-0.15, -0.1) is 0 Å². The minimum Gasteiger partial charge on any atom is -0.497 e. The summed E-state index contributed by atoms with van der Waals surface area (Å²) >= 11 is 0. The number of hydrogen-bond donors (Lipinski definition) is 1. The van der Waals surface area contributed by atoms with Crippen LogP contribution >= 0.6 is 0 Å². The van der Waals surface area contributed by atoms with Crippen molar-refractivity contribution in [3.05, 3.63) is 59.2 Å². The van der Waals surface area contributed by atoms with Gasteiger partial charge in [0, 0.05) is 5.69 Å². The number of rotatable bonds is 3. The van der Waals surface area contributed by atoms with E-state index in [0.29, 0.717) is 23.4 Å². The number of methoxy groups -OCH3 is 1. The molecule has 2 rings (SSSR count). The molecule has 0 fully saturated rings. The van der Waals surface area contributed by atoms with Crippen LogP contribution in [0.3, 0.4) is 0 Å². The first kappa shape index (κ1) is 14.2. The third kappa shape index (κ3) is 3.23. The number of halogens is 3. The van der Waals surface area contributed by atoms with Crippen molar-refractivity contribution in [2.24, 2.45) is 0 Å². The Morgan fingerprint density at radius 1 is 1.10 bits per heavy atom. The molecule has 2 aromatic carbocycles. The fourth-order valence-corrected chi connectivity index (χ4v) is 1.94. The molecule has 0 spiro atoms. The fourth-order valence-electron chi connectivity index (χ4n) is 1.94. The van der Waals surface area contributed by atoms with Crippen LogP contribution < -0.4 is 10.5 Å². The van der Waals surface area contributed by atoms with E-state index in [0.717, 1.165) is 17.7 Å².